The van der Waals surface area contributed by atoms with Crippen molar-refractivity contribution in [1.82, 2.24) is 4.31 Å². The standard InChI is InChI=1S/C24H22F2N2O5S/c1-32-22-8-7-18(34(30,31)28-9-11-33-12-10-28)15-20(22)24(29)27-23-19(13-17(25)14-21(23)26)16-5-3-2-4-6-16/h2-8,13-15H,9-12H2,1H3,(H,27,29). The van der Waals surface area contributed by atoms with E-state index in [2.05, 4.69) is 5.32 Å². The Bertz CT molecular complexity index is 1310. The number of nitrogens with one attached hydrogen (secondary N) is 1. The summed E-state index contributed by atoms with van der Waals surface area (Å²) in [5, 5.41) is 2.46. The predicted octanol–water partition coefficient (Wildman–Crippen LogP) is 3.91. The molecule has 10 heteroatoms. The number of amides is 1. The minimum absolute atomic E-state index is 0.0993. The number of methoxy groups -OCH3 is 1. The van der Waals surface area contributed by atoms with Crippen molar-refractivity contribution >= 4 is 21.6 Å². The smallest absolute Gasteiger partial charge is 0.259 e. The Kier molecular flexibility index (Phi) is 6.92. The molecule has 1 fully saturated rings. The SMILES string of the molecule is COc1ccc(S(=O)(=O)N2CCOCC2)cc1C(=O)Nc1c(F)cc(F)cc1-c1ccccc1. The molecule has 0 spiro atoms. The van der Waals surface area contributed by atoms with E-state index in [1.807, 2.05) is 0 Å². The van der Waals surface area contributed by atoms with E-state index >= 15 is 0 Å². The molecule has 1 aliphatic heterocycles. The lowest BCUT2D eigenvalue weighted by Gasteiger charge is -2.26. The lowest BCUT2D eigenvalue weighted by molar-refractivity contribution is 0.0730. The highest BCUT2D eigenvalue weighted by molar-refractivity contribution is 7.89. The molecular formula is C24H22F2N2O5S. The Balaban J connectivity index is 1.72. The molecule has 1 saturated heterocycles. The van der Waals surface area contributed by atoms with Crippen LogP contribution in [-0.4, -0.2) is 52.0 Å². The highest BCUT2D eigenvalue weighted by atomic mass is 32.2. The first kappa shape index (κ1) is 23.8. The molecule has 0 bridgehead atoms. The van der Waals surface area contributed by atoms with Crippen LogP contribution in [0.15, 0.2) is 65.6 Å². The molecule has 3 aromatic carbocycles. The van der Waals surface area contributed by atoms with E-state index in [0.717, 1.165) is 6.07 Å². The van der Waals surface area contributed by atoms with Gasteiger partial charge in [0, 0.05) is 24.7 Å². The Labute approximate surface area is 196 Å². The number of anilines is 1. The maximum Gasteiger partial charge on any atom is 0.259 e. The lowest BCUT2D eigenvalue weighted by atomic mass is 10.0. The summed E-state index contributed by atoms with van der Waals surface area (Å²) in [6, 6.07) is 14.1. The Morgan fingerprint density at radius 1 is 1.03 bits per heavy atom. The van der Waals surface area contributed by atoms with Crippen LogP contribution in [0.1, 0.15) is 10.4 Å². The first-order valence-electron chi connectivity index (χ1n) is 10.4. The van der Waals surface area contributed by atoms with Gasteiger partial charge in [0.1, 0.15) is 17.4 Å². The molecule has 1 amide bonds. The van der Waals surface area contributed by atoms with Crippen molar-refractivity contribution in [3.05, 3.63) is 77.9 Å². The van der Waals surface area contributed by atoms with Crippen LogP contribution in [0.2, 0.25) is 0 Å². The number of sulfonamides is 1. The van der Waals surface area contributed by atoms with Crippen molar-refractivity contribution in [2.75, 3.05) is 38.7 Å². The molecule has 0 unspecified atom stereocenters. The zero-order valence-electron chi connectivity index (χ0n) is 18.3. The Morgan fingerprint density at radius 2 is 1.74 bits per heavy atom. The number of rotatable bonds is 6. The molecule has 3 aromatic rings. The van der Waals surface area contributed by atoms with E-state index in [9.17, 15) is 22.0 Å². The van der Waals surface area contributed by atoms with Crippen molar-refractivity contribution in [2.24, 2.45) is 0 Å². The van der Waals surface area contributed by atoms with Crippen LogP contribution in [0.4, 0.5) is 14.5 Å². The zero-order valence-corrected chi connectivity index (χ0v) is 19.1. The van der Waals surface area contributed by atoms with Crippen LogP contribution in [0, 0.1) is 11.6 Å². The number of hydrogen-bond acceptors (Lipinski definition) is 5. The predicted molar refractivity (Wildman–Crippen MR) is 122 cm³/mol. The second-order valence-electron chi connectivity index (χ2n) is 7.51. The van der Waals surface area contributed by atoms with Crippen molar-refractivity contribution < 1.29 is 31.5 Å². The number of benzene rings is 3. The van der Waals surface area contributed by atoms with Gasteiger partial charge in [0.15, 0.2) is 0 Å². The number of ether oxygens (including phenoxy) is 2. The zero-order chi connectivity index (χ0) is 24.3. The molecule has 0 aromatic heterocycles. The lowest BCUT2D eigenvalue weighted by Crippen LogP contribution is -2.40. The Morgan fingerprint density at radius 3 is 2.41 bits per heavy atom. The first-order valence-corrected chi connectivity index (χ1v) is 11.9. The summed E-state index contributed by atoms with van der Waals surface area (Å²) >= 11 is 0. The van der Waals surface area contributed by atoms with Crippen LogP contribution in [0.25, 0.3) is 11.1 Å². The Hall–Kier alpha value is -3.34. The van der Waals surface area contributed by atoms with Crippen LogP contribution in [-0.2, 0) is 14.8 Å². The monoisotopic (exact) mass is 488 g/mol. The molecule has 7 nitrogen and oxygen atoms in total. The van der Waals surface area contributed by atoms with Gasteiger partial charge in [-0.2, -0.15) is 4.31 Å². The molecule has 4 rings (SSSR count). The van der Waals surface area contributed by atoms with Gasteiger partial charge in [0.05, 0.1) is 36.5 Å². The second-order valence-corrected chi connectivity index (χ2v) is 9.45. The minimum atomic E-state index is -3.89. The number of morpholine rings is 1. The van der Waals surface area contributed by atoms with E-state index in [1.54, 1.807) is 30.3 Å². The number of carbonyl (C=O) groups is 1. The van der Waals surface area contributed by atoms with Gasteiger partial charge in [-0.25, -0.2) is 17.2 Å². The van der Waals surface area contributed by atoms with Gasteiger partial charge < -0.3 is 14.8 Å². The average molecular weight is 489 g/mol. The number of hydrogen-bond donors (Lipinski definition) is 1. The van der Waals surface area contributed by atoms with E-state index < -0.39 is 27.6 Å². The van der Waals surface area contributed by atoms with E-state index in [4.69, 9.17) is 9.47 Å². The summed E-state index contributed by atoms with van der Waals surface area (Å²) in [6.07, 6.45) is 0. The number of nitrogens with zero attached hydrogens (tertiary/aromatic N) is 1. The van der Waals surface area contributed by atoms with E-state index in [0.29, 0.717) is 11.6 Å². The fourth-order valence-electron chi connectivity index (χ4n) is 3.69. The normalized spacial score (nSPS) is 14.6. The van der Waals surface area contributed by atoms with Crippen LogP contribution in [0.3, 0.4) is 0 Å². The second kappa shape index (κ2) is 9.88. The molecule has 0 radical (unpaired) electrons. The molecule has 0 atom stereocenters. The molecule has 178 valence electrons. The maximum absolute atomic E-state index is 14.8. The highest BCUT2D eigenvalue weighted by Crippen LogP contribution is 2.33. The summed E-state index contributed by atoms with van der Waals surface area (Å²) < 4.78 is 66.6. The van der Waals surface area contributed by atoms with Gasteiger partial charge in [-0.15, -0.1) is 0 Å². The molecule has 0 aliphatic carbocycles. The fraction of sp³-hybridized carbons (Fsp3) is 0.208. The van der Waals surface area contributed by atoms with Crippen molar-refractivity contribution in [3.8, 4) is 16.9 Å². The quantitative estimate of drug-likeness (QED) is 0.569. The molecule has 1 aliphatic rings. The molecule has 1 heterocycles. The average Bonchev–Trinajstić information content (AvgIpc) is 2.86. The minimum Gasteiger partial charge on any atom is -0.496 e. The van der Waals surface area contributed by atoms with Gasteiger partial charge >= 0.3 is 0 Å². The van der Waals surface area contributed by atoms with Gasteiger partial charge in [0.25, 0.3) is 5.91 Å². The van der Waals surface area contributed by atoms with Gasteiger partial charge in [0.2, 0.25) is 10.0 Å². The van der Waals surface area contributed by atoms with Gasteiger partial charge in [-0.3, -0.25) is 4.79 Å². The third-order valence-corrected chi connectivity index (χ3v) is 7.30. The summed E-state index contributed by atoms with van der Waals surface area (Å²) in [5.41, 5.74) is 0.287. The third-order valence-electron chi connectivity index (χ3n) is 5.40. The van der Waals surface area contributed by atoms with Crippen LogP contribution < -0.4 is 10.1 Å². The summed E-state index contributed by atoms with van der Waals surface area (Å²) in [7, 11) is -2.56. The van der Waals surface area contributed by atoms with Crippen LogP contribution in [0.5, 0.6) is 5.75 Å². The van der Waals surface area contributed by atoms with Crippen LogP contribution >= 0.6 is 0 Å². The number of halogens is 2. The van der Waals surface area contributed by atoms with Crippen molar-refractivity contribution in [1.29, 1.82) is 0 Å². The first-order chi connectivity index (χ1) is 16.3. The van der Waals surface area contributed by atoms with Gasteiger partial charge in [-0.1, -0.05) is 30.3 Å². The fourth-order valence-corrected chi connectivity index (χ4v) is 5.12. The largest absolute Gasteiger partial charge is 0.496 e. The summed E-state index contributed by atoms with van der Waals surface area (Å²) in [5.74, 6) is -2.48. The summed E-state index contributed by atoms with van der Waals surface area (Å²) in [4.78, 5) is 13.1. The van der Waals surface area contributed by atoms with Crippen molar-refractivity contribution in [3.63, 3.8) is 0 Å². The van der Waals surface area contributed by atoms with E-state index in [1.165, 1.54) is 29.6 Å². The molecular weight excluding hydrogens is 466 g/mol. The highest BCUT2D eigenvalue weighted by Gasteiger charge is 2.28. The topological polar surface area (TPSA) is 84.9 Å². The van der Waals surface area contributed by atoms with Gasteiger partial charge in [-0.05, 0) is 29.8 Å². The van der Waals surface area contributed by atoms with E-state index in [-0.39, 0.29) is 53.8 Å². The molecule has 34 heavy (non-hydrogen) atoms. The maximum atomic E-state index is 14.8. The third kappa shape index (κ3) is 4.79. The molecule has 0 saturated carbocycles. The summed E-state index contributed by atoms with van der Waals surface area (Å²) in [6.45, 7) is 0.928. The van der Waals surface area contributed by atoms with Crippen molar-refractivity contribution in [2.45, 2.75) is 4.90 Å². The number of carbonyl (C=O) groups excluding carboxylic acids is 1. The molecule has 1 N–H and O–H groups in total.